The summed E-state index contributed by atoms with van der Waals surface area (Å²) in [5.41, 5.74) is -2.84. The molecule has 19 heavy (non-hydrogen) atoms. The Kier molecular flexibility index (Phi) is 4.07. The van der Waals surface area contributed by atoms with Gasteiger partial charge in [-0.1, -0.05) is 0 Å². The van der Waals surface area contributed by atoms with Gasteiger partial charge in [0.15, 0.2) is 0 Å². The Bertz CT molecular complexity index is 491. The number of methoxy groups -OCH3 is 1. The second-order valence-electron chi connectivity index (χ2n) is 3.00. The Labute approximate surface area is 101 Å². The van der Waals surface area contributed by atoms with Crippen LogP contribution < -0.4 is 9.47 Å². The summed E-state index contributed by atoms with van der Waals surface area (Å²) in [6.07, 6.45) is -8.54. The fraction of sp³-hybridized carbons (Fsp3) is 0.375. The van der Waals surface area contributed by atoms with E-state index in [4.69, 9.17) is 0 Å². The van der Waals surface area contributed by atoms with Crippen LogP contribution >= 0.6 is 0 Å². The van der Waals surface area contributed by atoms with E-state index in [0.29, 0.717) is 6.20 Å². The molecule has 0 spiro atoms. The topological polar surface area (TPSA) is 74.5 Å². The van der Waals surface area contributed by atoms with E-state index in [0.717, 1.165) is 7.11 Å². The van der Waals surface area contributed by atoms with Crippen LogP contribution in [0.25, 0.3) is 0 Å². The molecule has 0 aromatic carbocycles. The van der Waals surface area contributed by atoms with Gasteiger partial charge in [-0.3, -0.25) is 10.1 Å². The Morgan fingerprint density at radius 1 is 1.42 bits per heavy atom. The summed E-state index contributed by atoms with van der Waals surface area (Å²) in [4.78, 5) is 12.3. The lowest BCUT2D eigenvalue weighted by Crippen LogP contribution is -2.19. The molecule has 0 bridgehead atoms. The average molecular weight is 288 g/mol. The van der Waals surface area contributed by atoms with Gasteiger partial charge in [0.05, 0.1) is 12.0 Å². The van der Waals surface area contributed by atoms with E-state index in [1.807, 2.05) is 0 Å². The molecule has 0 aliphatic carbocycles. The van der Waals surface area contributed by atoms with Gasteiger partial charge in [-0.25, -0.2) is 13.8 Å². The number of alkyl halides is 5. The number of aromatic nitrogens is 1. The van der Waals surface area contributed by atoms with E-state index in [-0.39, 0.29) is 0 Å². The van der Waals surface area contributed by atoms with Crippen LogP contribution in [0, 0.1) is 10.1 Å². The van der Waals surface area contributed by atoms with E-state index in [9.17, 15) is 32.1 Å². The van der Waals surface area contributed by atoms with Crippen LogP contribution in [0.5, 0.6) is 11.6 Å². The Balaban J connectivity index is 3.52. The maximum atomic E-state index is 12.7. The number of hydrogen-bond donors (Lipinski definition) is 0. The van der Waals surface area contributed by atoms with E-state index < -0.39 is 40.6 Å². The maximum Gasteiger partial charge on any atom is 0.573 e. The van der Waals surface area contributed by atoms with Crippen molar-refractivity contribution in [1.82, 2.24) is 4.98 Å². The highest BCUT2D eigenvalue weighted by molar-refractivity contribution is 5.53. The molecule has 6 nitrogen and oxygen atoms in total. The third-order valence-corrected chi connectivity index (χ3v) is 1.84. The molecule has 0 radical (unpaired) electrons. The molecular formula is C8H5F5N2O4. The Morgan fingerprint density at radius 3 is 2.37 bits per heavy atom. The van der Waals surface area contributed by atoms with Crippen LogP contribution in [0.15, 0.2) is 6.20 Å². The van der Waals surface area contributed by atoms with Crippen molar-refractivity contribution in [3.8, 4) is 11.6 Å². The zero-order valence-electron chi connectivity index (χ0n) is 9.07. The second kappa shape index (κ2) is 5.20. The zero-order chi connectivity index (χ0) is 14.8. The predicted molar refractivity (Wildman–Crippen MR) is 49.1 cm³/mol. The monoisotopic (exact) mass is 288 g/mol. The number of pyridine rings is 1. The lowest BCUT2D eigenvalue weighted by atomic mass is 10.2. The van der Waals surface area contributed by atoms with Crippen molar-refractivity contribution >= 4 is 5.69 Å². The van der Waals surface area contributed by atoms with Gasteiger partial charge in [0.2, 0.25) is 5.75 Å². The van der Waals surface area contributed by atoms with Crippen LogP contribution in [0.1, 0.15) is 12.0 Å². The molecule has 106 valence electrons. The summed E-state index contributed by atoms with van der Waals surface area (Å²) >= 11 is 0. The molecule has 0 aliphatic rings. The molecule has 0 aliphatic heterocycles. The van der Waals surface area contributed by atoms with Crippen molar-refractivity contribution in [2.24, 2.45) is 0 Å². The van der Waals surface area contributed by atoms with E-state index in [1.165, 1.54) is 0 Å². The molecule has 0 N–H and O–H groups in total. The minimum Gasteiger partial charge on any atom is -0.478 e. The normalized spacial score (nSPS) is 11.5. The highest BCUT2D eigenvalue weighted by Gasteiger charge is 2.39. The highest BCUT2D eigenvalue weighted by atomic mass is 19.4. The Morgan fingerprint density at radius 2 is 2.00 bits per heavy atom. The van der Waals surface area contributed by atoms with Gasteiger partial charge in [0.1, 0.15) is 11.8 Å². The molecule has 1 aromatic rings. The van der Waals surface area contributed by atoms with Crippen molar-refractivity contribution in [2.45, 2.75) is 12.8 Å². The summed E-state index contributed by atoms with van der Waals surface area (Å²) in [6.45, 7) is 0. The predicted octanol–water partition coefficient (Wildman–Crippen LogP) is 2.83. The van der Waals surface area contributed by atoms with E-state index in [1.54, 1.807) is 0 Å². The van der Waals surface area contributed by atoms with Crippen LogP contribution in [0.3, 0.4) is 0 Å². The number of halogens is 5. The number of ether oxygens (including phenoxy) is 2. The largest absolute Gasteiger partial charge is 0.573 e. The fourth-order valence-corrected chi connectivity index (χ4v) is 1.20. The lowest BCUT2D eigenvalue weighted by Gasteiger charge is -2.14. The van der Waals surface area contributed by atoms with Gasteiger partial charge < -0.3 is 9.47 Å². The van der Waals surface area contributed by atoms with Gasteiger partial charge in [-0.05, 0) is 0 Å². The standard InChI is InChI=1S/C8H5F5N2O4/c1-18-7-5(19-8(11,12)13)4(6(9)10)3(2-14-7)15(16)17/h2,6H,1H3. The first-order valence-corrected chi connectivity index (χ1v) is 4.42. The molecule has 0 saturated carbocycles. The summed E-state index contributed by atoms with van der Waals surface area (Å²) in [5.74, 6) is -2.46. The van der Waals surface area contributed by atoms with E-state index >= 15 is 0 Å². The van der Waals surface area contributed by atoms with Crippen LogP contribution in [-0.4, -0.2) is 23.4 Å². The maximum absolute atomic E-state index is 12.7. The molecule has 1 aromatic heterocycles. The third-order valence-electron chi connectivity index (χ3n) is 1.84. The molecule has 0 unspecified atom stereocenters. The molecule has 11 heteroatoms. The van der Waals surface area contributed by atoms with E-state index in [2.05, 4.69) is 14.5 Å². The van der Waals surface area contributed by atoms with Crippen LogP contribution in [0.4, 0.5) is 27.6 Å². The smallest absolute Gasteiger partial charge is 0.478 e. The minimum absolute atomic E-state index is 0.365. The molecule has 0 amide bonds. The van der Waals surface area contributed by atoms with Crippen molar-refractivity contribution < 1.29 is 36.3 Å². The number of nitrogens with zero attached hydrogens (tertiary/aromatic N) is 2. The quantitative estimate of drug-likeness (QED) is 0.484. The van der Waals surface area contributed by atoms with Gasteiger partial charge in [0.25, 0.3) is 12.3 Å². The molecule has 1 heterocycles. The SMILES string of the molecule is COc1ncc([N+](=O)[O-])c(C(F)F)c1OC(F)(F)F. The average Bonchev–Trinajstić information content (AvgIpc) is 2.25. The van der Waals surface area contributed by atoms with Crippen molar-refractivity contribution in [3.05, 3.63) is 21.9 Å². The summed E-state index contributed by atoms with van der Waals surface area (Å²) in [5, 5.41) is 10.5. The molecule has 0 saturated heterocycles. The van der Waals surface area contributed by atoms with Gasteiger partial charge >= 0.3 is 12.0 Å². The highest BCUT2D eigenvalue weighted by Crippen LogP contribution is 2.43. The Hall–Kier alpha value is -2.20. The minimum atomic E-state index is -5.33. The first kappa shape index (κ1) is 14.9. The fourth-order valence-electron chi connectivity index (χ4n) is 1.20. The third kappa shape index (κ3) is 3.39. The molecule has 1 rings (SSSR count). The summed E-state index contributed by atoms with van der Waals surface area (Å²) < 4.78 is 69.4. The van der Waals surface area contributed by atoms with Crippen molar-refractivity contribution in [2.75, 3.05) is 7.11 Å². The van der Waals surface area contributed by atoms with Gasteiger partial charge in [0, 0.05) is 0 Å². The summed E-state index contributed by atoms with van der Waals surface area (Å²) in [7, 11) is 0.854. The van der Waals surface area contributed by atoms with Gasteiger partial charge in [-0.2, -0.15) is 0 Å². The van der Waals surface area contributed by atoms with Crippen LogP contribution in [0.2, 0.25) is 0 Å². The lowest BCUT2D eigenvalue weighted by molar-refractivity contribution is -0.386. The van der Waals surface area contributed by atoms with Gasteiger partial charge in [-0.15, -0.1) is 13.2 Å². The zero-order valence-corrected chi connectivity index (χ0v) is 9.07. The molecule has 0 atom stereocenters. The first-order valence-electron chi connectivity index (χ1n) is 4.42. The molecule has 0 fully saturated rings. The van der Waals surface area contributed by atoms with Crippen molar-refractivity contribution in [1.29, 1.82) is 0 Å². The molecular weight excluding hydrogens is 283 g/mol. The first-order chi connectivity index (χ1) is 8.67. The second-order valence-corrected chi connectivity index (χ2v) is 3.00. The number of hydrogen-bond acceptors (Lipinski definition) is 5. The van der Waals surface area contributed by atoms with Crippen LogP contribution in [-0.2, 0) is 0 Å². The van der Waals surface area contributed by atoms with Crippen molar-refractivity contribution in [3.63, 3.8) is 0 Å². The number of rotatable bonds is 4. The number of nitro groups is 1. The summed E-state index contributed by atoms with van der Waals surface area (Å²) in [6, 6.07) is 0.